The van der Waals surface area contributed by atoms with Gasteiger partial charge in [-0.25, -0.2) is 4.39 Å². The molecule has 0 fully saturated rings. The fourth-order valence-electron chi connectivity index (χ4n) is 2.07. The van der Waals surface area contributed by atoms with Gasteiger partial charge in [0.15, 0.2) is 0 Å². The summed E-state index contributed by atoms with van der Waals surface area (Å²) in [5, 5.41) is 3.35. The van der Waals surface area contributed by atoms with Gasteiger partial charge in [-0.1, -0.05) is 31.2 Å². The first-order chi connectivity index (χ1) is 9.74. The van der Waals surface area contributed by atoms with Gasteiger partial charge < -0.3 is 10.1 Å². The van der Waals surface area contributed by atoms with Crippen molar-refractivity contribution in [1.82, 2.24) is 5.32 Å². The molecular weight excluding hydrogens is 253 g/mol. The summed E-state index contributed by atoms with van der Waals surface area (Å²) in [6.45, 7) is 4.00. The van der Waals surface area contributed by atoms with Crippen molar-refractivity contribution in [2.24, 2.45) is 0 Å². The Morgan fingerprint density at radius 3 is 2.45 bits per heavy atom. The van der Waals surface area contributed by atoms with Gasteiger partial charge in [-0.15, -0.1) is 0 Å². The van der Waals surface area contributed by atoms with E-state index in [0.29, 0.717) is 11.3 Å². The monoisotopic (exact) mass is 273 g/mol. The van der Waals surface area contributed by atoms with E-state index < -0.39 is 0 Å². The third kappa shape index (κ3) is 3.58. The van der Waals surface area contributed by atoms with Crippen molar-refractivity contribution in [3.05, 3.63) is 53.8 Å². The van der Waals surface area contributed by atoms with Crippen molar-refractivity contribution in [1.29, 1.82) is 0 Å². The highest BCUT2D eigenvalue weighted by molar-refractivity contribution is 5.65. The van der Waals surface area contributed by atoms with Gasteiger partial charge in [0.2, 0.25) is 0 Å². The summed E-state index contributed by atoms with van der Waals surface area (Å²) in [5.74, 6) is 0.271. The fraction of sp³-hybridized carbons (Fsp3) is 0.294. The zero-order valence-corrected chi connectivity index (χ0v) is 11.9. The smallest absolute Gasteiger partial charge is 0.134 e. The van der Waals surface area contributed by atoms with Crippen molar-refractivity contribution in [3.63, 3.8) is 0 Å². The molecule has 0 heterocycles. The molecule has 0 aliphatic rings. The maximum Gasteiger partial charge on any atom is 0.134 e. The normalized spacial score (nSPS) is 10.6. The Bertz CT molecular complexity index is 551. The van der Waals surface area contributed by atoms with Crippen LogP contribution in [0.3, 0.4) is 0 Å². The van der Waals surface area contributed by atoms with E-state index in [1.165, 1.54) is 18.7 Å². The molecule has 0 aromatic heterocycles. The zero-order valence-electron chi connectivity index (χ0n) is 11.9. The molecule has 106 valence electrons. The average Bonchev–Trinajstić information content (AvgIpc) is 2.48. The predicted octanol–water partition coefficient (Wildman–Crippen LogP) is 4.00. The number of hydrogen-bond donors (Lipinski definition) is 1. The minimum atomic E-state index is -0.263. The molecule has 0 radical (unpaired) electrons. The van der Waals surface area contributed by atoms with Gasteiger partial charge >= 0.3 is 0 Å². The van der Waals surface area contributed by atoms with Crippen LogP contribution in [0.2, 0.25) is 0 Å². The Balaban J connectivity index is 2.13. The standard InChI is InChI=1S/C17H20FNO/c1-3-10-19-12-13-4-6-14(7-5-13)16-9-8-15(20-2)11-17(16)18/h4-9,11,19H,3,10,12H2,1-2H3. The SMILES string of the molecule is CCCNCc1ccc(-c2ccc(OC)cc2F)cc1. The van der Waals surface area contributed by atoms with E-state index in [9.17, 15) is 4.39 Å². The Kier molecular flexibility index (Phi) is 5.13. The topological polar surface area (TPSA) is 21.3 Å². The van der Waals surface area contributed by atoms with Crippen molar-refractivity contribution in [3.8, 4) is 16.9 Å². The fourth-order valence-corrected chi connectivity index (χ4v) is 2.07. The summed E-state index contributed by atoms with van der Waals surface area (Å²) in [7, 11) is 1.53. The predicted molar refractivity (Wildman–Crippen MR) is 80.4 cm³/mol. The molecule has 0 saturated carbocycles. The van der Waals surface area contributed by atoms with Gasteiger partial charge in [-0.3, -0.25) is 0 Å². The molecule has 0 spiro atoms. The van der Waals surface area contributed by atoms with Crippen LogP contribution in [0.5, 0.6) is 5.75 Å². The van der Waals surface area contributed by atoms with E-state index in [1.807, 2.05) is 24.3 Å². The second kappa shape index (κ2) is 7.06. The summed E-state index contributed by atoms with van der Waals surface area (Å²) < 4.78 is 19.0. The molecule has 0 atom stereocenters. The second-order valence-electron chi connectivity index (χ2n) is 4.72. The van der Waals surface area contributed by atoms with Gasteiger partial charge in [0.05, 0.1) is 7.11 Å². The van der Waals surface area contributed by atoms with Crippen molar-refractivity contribution < 1.29 is 9.13 Å². The van der Waals surface area contributed by atoms with Gasteiger partial charge in [0.25, 0.3) is 0 Å². The van der Waals surface area contributed by atoms with Crippen LogP contribution in [-0.2, 0) is 6.54 Å². The first-order valence-corrected chi connectivity index (χ1v) is 6.88. The third-order valence-electron chi connectivity index (χ3n) is 3.20. The quantitative estimate of drug-likeness (QED) is 0.803. The lowest BCUT2D eigenvalue weighted by Gasteiger charge is -2.08. The molecule has 0 amide bonds. The zero-order chi connectivity index (χ0) is 14.4. The molecule has 0 unspecified atom stereocenters. The molecule has 20 heavy (non-hydrogen) atoms. The lowest BCUT2D eigenvalue weighted by atomic mass is 10.0. The van der Waals surface area contributed by atoms with Crippen molar-refractivity contribution in [2.75, 3.05) is 13.7 Å². The van der Waals surface area contributed by atoms with Crippen LogP contribution in [-0.4, -0.2) is 13.7 Å². The molecule has 0 saturated heterocycles. The molecule has 0 bridgehead atoms. The number of hydrogen-bond acceptors (Lipinski definition) is 2. The molecule has 1 N–H and O–H groups in total. The summed E-state index contributed by atoms with van der Waals surface area (Å²) in [5.41, 5.74) is 2.68. The van der Waals surface area contributed by atoms with Crippen LogP contribution in [0.1, 0.15) is 18.9 Å². The summed E-state index contributed by atoms with van der Waals surface area (Å²) >= 11 is 0. The Morgan fingerprint density at radius 1 is 1.10 bits per heavy atom. The largest absolute Gasteiger partial charge is 0.497 e. The van der Waals surface area contributed by atoms with Crippen LogP contribution in [0.4, 0.5) is 4.39 Å². The van der Waals surface area contributed by atoms with Crippen LogP contribution in [0.25, 0.3) is 11.1 Å². The maximum absolute atomic E-state index is 14.0. The van der Waals surface area contributed by atoms with E-state index in [-0.39, 0.29) is 5.82 Å². The van der Waals surface area contributed by atoms with E-state index in [2.05, 4.69) is 12.2 Å². The van der Waals surface area contributed by atoms with Crippen LogP contribution >= 0.6 is 0 Å². The summed E-state index contributed by atoms with van der Waals surface area (Å²) in [6, 6.07) is 12.9. The highest BCUT2D eigenvalue weighted by Gasteiger charge is 2.06. The number of ether oxygens (including phenoxy) is 1. The van der Waals surface area contributed by atoms with E-state index in [4.69, 9.17) is 4.74 Å². The van der Waals surface area contributed by atoms with Crippen molar-refractivity contribution >= 4 is 0 Å². The molecule has 0 aliphatic heterocycles. The van der Waals surface area contributed by atoms with Gasteiger partial charge in [0.1, 0.15) is 11.6 Å². The Hall–Kier alpha value is -1.87. The van der Waals surface area contributed by atoms with E-state index in [1.54, 1.807) is 12.1 Å². The molecule has 2 aromatic rings. The summed E-state index contributed by atoms with van der Waals surface area (Å²) in [4.78, 5) is 0. The van der Waals surface area contributed by atoms with Crippen molar-refractivity contribution in [2.45, 2.75) is 19.9 Å². The number of halogens is 1. The highest BCUT2D eigenvalue weighted by atomic mass is 19.1. The first-order valence-electron chi connectivity index (χ1n) is 6.88. The van der Waals surface area contributed by atoms with Crippen LogP contribution < -0.4 is 10.1 Å². The molecule has 2 rings (SSSR count). The van der Waals surface area contributed by atoms with Gasteiger partial charge in [-0.05, 0) is 36.2 Å². The van der Waals surface area contributed by atoms with Gasteiger partial charge in [0, 0.05) is 18.2 Å². The maximum atomic E-state index is 14.0. The first kappa shape index (κ1) is 14.5. The van der Waals surface area contributed by atoms with Crippen LogP contribution in [0.15, 0.2) is 42.5 Å². The molecular formula is C17H20FNO. The second-order valence-corrected chi connectivity index (χ2v) is 4.72. The molecule has 3 heteroatoms. The highest BCUT2D eigenvalue weighted by Crippen LogP contribution is 2.26. The number of methoxy groups -OCH3 is 1. The number of benzene rings is 2. The Labute approximate surface area is 119 Å². The average molecular weight is 273 g/mol. The third-order valence-corrected chi connectivity index (χ3v) is 3.20. The lowest BCUT2D eigenvalue weighted by Crippen LogP contribution is -2.13. The number of rotatable bonds is 6. The lowest BCUT2D eigenvalue weighted by molar-refractivity contribution is 0.411. The Morgan fingerprint density at radius 2 is 1.85 bits per heavy atom. The van der Waals surface area contributed by atoms with Crippen LogP contribution in [0, 0.1) is 5.82 Å². The van der Waals surface area contributed by atoms with E-state index in [0.717, 1.165) is 25.1 Å². The molecule has 2 aromatic carbocycles. The minimum absolute atomic E-state index is 0.263. The molecule has 0 aliphatic carbocycles. The molecule has 2 nitrogen and oxygen atoms in total. The minimum Gasteiger partial charge on any atom is -0.497 e. The van der Waals surface area contributed by atoms with Gasteiger partial charge in [-0.2, -0.15) is 0 Å². The van der Waals surface area contributed by atoms with E-state index >= 15 is 0 Å². The number of nitrogens with one attached hydrogen (secondary N) is 1. The summed E-state index contributed by atoms with van der Waals surface area (Å²) in [6.07, 6.45) is 1.12.